The van der Waals surface area contributed by atoms with Gasteiger partial charge < -0.3 is 14.7 Å². The van der Waals surface area contributed by atoms with Gasteiger partial charge in [-0.25, -0.2) is 13.2 Å². The zero-order valence-electron chi connectivity index (χ0n) is 16.8. The third kappa shape index (κ3) is 4.15. The maximum atomic E-state index is 13.5. The van der Waals surface area contributed by atoms with Crippen molar-refractivity contribution >= 4 is 21.7 Å². The lowest BCUT2D eigenvalue weighted by atomic mass is 10.1. The van der Waals surface area contributed by atoms with E-state index in [4.69, 9.17) is 4.74 Å². The Labute approximate surface area is 176 Å². The highest BCUT2D eigenvalue weighted by atomic mass is 32.2. The number of hydrogen-bond acceptors (Lipinski definition) is 5. The number of carbonyl (C=O) groups is 1. The molecule has 0 spiro atoms. The largest absolute Gasteiger partial charge is 0.478 e. The van der Waals surface area contributed by atoms with E-state index in [9.17, 15) is 18.3 Å². The second-order valence-corrected chi connectivity index (χ2v) is 9.61. The van der Waals surface area contributed by atoms with Crippen LogP contribution in [0.15, 0.2) is 47.4 Å². The quantitative estimate of drug-likeness (QED) is 0.747. The normalized spacial score (nSPS) is 17.8. The van der Waals surface area contributed by atoms with Crippen LogP contribution in [0.4, 0.5) is 5.69 Å². The highest BCUT2D eigenvalue weighted by molar-refractivity contribution is 7.89. The number of aromatic carboxylic acids is 1. The van der Waals surface area contributed by atoms with Gasteiger partial charge in [0.2, 0.25) is 10.0 Å². The second-order valence-electron chi connectivity index (χ2n) is 7.70. The van der Waals surface area contributed by atoms with Crippen LogP contribution >= 0.6 is 0 Å². The molecule has 2 aliphatic heterocycles. The topological polar surface area (TPSA) is 87.1 Å². The average Bonchev–Trinajstić information content (AvgIpc) is 3.31. The maximum Gasteiger partial charge on any atom is 0.335 e. The first-order valence-corrected chi connectivity index (χ1v) is 11.8. The van der Waals surface area contributed by atoms with Gasteiger partial charge in [0.15, 0.2) is 5.75 Å². The van der Waals surface area contributed by atoms with Crippen LogP contribution in [0.5, 0.6) is 11.5 Å². The zero-order chi connectivity index (χ0) is 21.1. The van der Waals surface area contributed by atoms with Gasteiger partial charge in [-0.15, -0.1) is 0 Å². The average molecular weight is 431 g/mol. The summed E-state index contributed by atoms with van der Waals surface area (Å²) in [5.74, 6) is -0.436. The standard InChI is InChI=1S/C22H26N2O5S/c25-22(26)17-15-19(23-11-5-2-6-12-23)21(29-18-9-3-1-4-10-18)20(16-17)30(27,28)24-13-7-8-14-24/h1,3-4,9-10,15-16H,2,5-8,11-14H2,(H,25,26). The van der Waals surface area contributed by atoms with Crippen LogP contribution in [-0.4, -0.2) is 50.0 Å². The van der Waals surface area contributed by atoms with Gasteiger partial charge in [0.1, 0.15) is 10.6 Å². The van der Waals surface area contributed by atoms with Crippen LogP contribution in [0.3, 0.4) is 0 Å². The Morgan fingerprint density at radius 1 is 0.900 bits per heavy atom. The van der Waals surface area contributed by atoms with Crippen LogP contribution in [0.2, 0.25) is 0 Å². The summed E-state index contributed by atoms with van der Waals surface area (Å²) >= 11 is 0. The van der Waals surface area contributed by atoms with E-state index in [1.165, 1.54) is 16.4 Å². The van der Waals surface area contributed by atoms with Crippen molar-refractivity contribution in [2.75, 3.05) is 31.1 Å². The molecule has 0 amide bonds. The van der Waals surface area contributed by atoms with Crippen LogP contribution in [0, 0.1) is 0 Å². The van der Waals surface area contributed by atoms with Crippen molar-refractivity contribution in [2.45, 2.75) is 37.0 Å². The van der Waals surface area contributed by atoms with Crippen molar-refractivity contribution in [3.05, 3.63) is 48.0 Å². The molecule has 0 radical (unpaired) electrons. The molecule has 4 rings (SSSR count). The minimum absolute atomic E-state index is 0.0474. The van der Waals surface area contributed by atoms with Gasteiger partial charge in [0, 0.05) is 26.2 Å². The van der Waals surface area contributed by atoms with E-state index in [0.717, 1.165) is 45.2 Å². The van der Waals surface area contributed by atoms with E-state index in [1.807, 2.05) is 23.1 Å². The lowest BCUT2D eigenvalue weighted by Crippen LogP contribution is -2.32. The van der Waals surface area contributed by atoms with Gasteiger partial charge in [-0.1, -0.05) is 18.2 Å². The summed E-state index contributed by atoms with van der Waals surface area (Å²) in [6, 6.07) is 11.8. The molecular weight excluding hydrogens is 404 g/mol. The van der Waals surface area contributed by atoms with Crippen LogP contribution in [0.1, 0.15) is 42.5 Å². The van der Waals surface area contributed by atoms with E-state index in [1.54, 1.807) is 12.1 Å². The van der Waals surface area contributed by atoms with E-state index in [2.05, 4.69) is 0 Å². The molecule has 7 nitrogen and oxygen atoms in total. The monoisotopic (exact) mass is 430 g/mol. The van der Waals surface area contributed by atoms with Crippen molar-refractivity contribution in [3.63, 3.8) is 0 Å². The molecule has 0 aliphatic carbocycles. The number of para-hydroxylation sites is 1. The predicted octanol–water partition coefficient (Wildman–Crippen LogP) is 3.95. The molecule has 2 heterocycles. The van der Waals surface area contributed by atoms with Gasteiger partial charge in [0.05, 0.1) is 11.3 Å². The number of rotatable bonds is 6. The van der Waals surface area contributed by atoms with E-state index >= 15 is 0 Å². The molecule has 1 N–H and O–H groups in total. The van der Waals surface area contributed by atoms with E-state index in [-0.39, 0.29) is 16.2 Å². The first kappa shape index (κ1) is 20.7. The zero-order valence-corrected chi connectivity index (χ0v) is 17.6. The van der Waals surface area contributed by atoms with Gasteiger partial charge in [-0.3, -0.25) is 0 Å². The highest BCUT2D eigenvalue weighted by Crippen LogP contribution is 2.42. The van der Waals surface area contributed by atoms with E-state index < -0.39 is 16.0 Å². The molecule has 2 saturated heterocycles. The van der Waals surface area contributed by atoms with Gasteiger partial charge in [0.25, 0.3) is 0 Å². The summed E-state index contributed by atoms with van der Waals surface area (Å²) in [5, 5.41) is 9.68. The lowest BCUT2D eigenvalue weighted by Gasteiger charge is -2.31. The van der Waals surface area contributed by atoms with Gasteiger partial charge >= 0.3 is 5.97 Å². The fraction of sp³-hybridized carbons (Fsp3) is 0.409. The number of anilines is 1. The first-order valence-electron chi connectivity index (χ1n) is 10.4. The Balaban J connectivity index is 1.90. The third-order valence-corrected chi connectivity index (χ3v) is 7.53. The van der Waals surface area contributed by atoms with Crippen LogP contribution in [0.25, 0.3) is 0 Å². The fourth-order valence-electron chi connectivity index (χ4n) is 4.05. The molecule has 0 unspecified atom stereocenters. The molecule has 2 aliphatic rings. The number of benzene rings is 2. The number of nitrogens with zero attached hydrogens (tertiary/aromatic N) is 2. The highest BCUT2D eigenvalue weighted by Gasteiger charge is 2.34. The summed E-state index contributed by atoms with van der Waals surface area (Å²) in [6.07, 6.45) is 4.63. The number of piperidine rings is 1. The minimum Gasteiger partial charge on any atom is -0.478 e. The molecule has 2 aromatic rings. The summed E-state index contributed by atoms with van der Waals surface area (Å²) in [5.41, 5.74) is 0.477. The Kier molecular flexibility index (Phi) is 5.97. The van der Waals surface area contributed by atoms with Crippen molar-refractivity contribution in [3.8, 4) is 11.5 Å². The molecule has 0 saturated carbocycles. The summed E-state index contributed by atoms with van der Waals surface area (Å²) in [7, 11) is -3.89. The van der Waals surface area contributed by atoms with Gasteiger partial charge in [-0.05, 0) is 56.4 Å². The molecule has 8 heteroatoms. The molecular formula is C22H26N2O5S. The molecule has 30 heavy (non-hydrogen) atoms. The molecule has 0 aromatic heterocycles. The maximum absolute atomic E-state index is 13.5. The SMILES string of the molecule is O=C(O)c1cc(N2CCCCC2)c(Oc2ccccc2)c(S(=O)(=O)N2CCCC2)c1. The number of carboxylic acid groups (broad SMARTS) is 1. The smallest absolute Gasteiger partial charge is 0.335 e. The number of carboxylic acids is 1. The van der Waals surface area contributed by atoms with Crippen molar-refractivity contribution < 1.29 is 23.1 Å². The lowest BCUT2D eigenvalue weighted by molar-refractivity contribution is 0.0696. The van der Waals surface area contributed by atoms with Crippen molar-refractivity contribution in [2.24, 2.45) is 0 Å². The molecule has 0 atom stereocenters. The molecule has 2 fully saturated rings. The molecule has 2 aromatic carbocycles. The Bertz CT molecular complexity index is 1010. The Hall–Kier alpha value is -2.58. The minimum atomic E-state index is -3.89. The predicted molar refractivity (Wildman–Crippen MR) is 114 cm³/mol. The number of hydrogen-bond donors (Lipinski definition) is 1. The van der Waals surface area contributed by atoms with Crippen LogP contribution in [-0.2, 0) is 10.0 Å². The summed E-state index contributed by atoms with van der Waals surface area (Å²) < 4.78 is 34.5. The summed E-state index contributed by atoms with van der Waals surface area (Å²) in [6.45, 7) is 2.34. The van der Waals surface area contributed by atoms with Crippen molar-refractivity contribution in [1.29, 1.82) is 0 Å². The Morgan fingerprint density at radius 2 is 1.53 bits per heavy atom. The summed E-state index contributed by atoms with van der Waals surface area (Å²) in [4.78, 5) is 13.8. The third-order valence-electron chi connectivity index (χ3n) is 5.62. The molecule has 0 bridgehead atoms. The second kappa shape index (κ2) is 8.65. The molecule has 160 valence electrons. The fourth-order valence-corrected chi connectivity index (χ4v) is 5.72. The van der Waals surface area contributed by atoms with Crippen molar-refractivity contribution in [1.82, 2.24) is 4.31 Å². The van der Waals surface area contributed by atoms with Crippen LogP contribution < -0.4 is 9.64 Å². The number of sulfonamides is 1. The first-order chi connectivity index (χ1) is 14.5. The number of ether oxygens (including phenoxy) is 1. The Morgan fingerprint density at radius 3 is 2.17 bits per heavy atom. The van der Waals surface area contributed by atoms with Gasteiger partial charge in [-0.2, -0.15) is 4.31 Å². The van der Waals surface area contributed by atoms with E-state index in [0.29, 0.717) is 24.5 Å².